The summed E-state index contributed by atoms with van der Waals surface area (Å²) in [5, 5.41) is 2.66. The maximum absolute atomic E-state index is 13.4. The molecule has 0 atom stereocenters. The van der Waals surface area contributed by atoms with Gasteiger partial charge in [0.15, 0.2) is 5.36 Å². The highest BCUT2D eigenvalue weighted by molar-refractivity contribution is 5.98. The van der Waals surface area contributed by atoms with Crippen LogP contribution in [0.1, 0.15) is 41.7 Å². The third kappa shape index (κ3) is 4.47. The van der Waals surface area contributed by atoms with Crippen molar-refractivity contribution in [1.29, 1.82) is 0 Å². The fourth-order valence-electron chi connectivity index (χ4n) is 7.64. The molecular weight excluding hydrogens is 576 g/mol. The van der Waals surface area contributed by atoms with Crippen molar-refractivity contribution in [2.24, 2.45) is 4.99 Å². The standard InChI is InChI=1S/C43H34N2O2/c1-25-20-26(2)40(27(3)21-25)45(32-18-19-34-33-12-8-9-13-37(33)43(4,5)38(34)24-32)31-16-14-30(15-17-31)44-39-41(46)35-22-28-10-6-7-11-29(28)23-36(35)42(39)47/h6-24H,1-5H3. The number of benzene rings is 6. The molecule has 47 heavy (non-hydrogen) atoms. The molecule has 7 aromatic rings. The lowest BCUT2D eigenvalue weighted by molar-refractivity contribution is 0.660. The summed E-state index contributed by atoms with van der Waals surface area (Å²) < 4.78 is 0. The second kappa shape index (κ2) is 10.5. The van der Waals surface area contributed by atoms with Crippen molar-refractivity contribution < 1.29 is 0 Å². The smallest absolute Gasteiger partial charge is 0.216 e. The first-order valence-electron chi connectivity index (χ1n) is 16.0. The molecule has 0 amide bonds. The van der Waals surface area contributed by atoms with Gasteiger partial charge in [-0.05, 0) is 113 Å². The summed E-state index contributed by atoms with van der Waals surface area (Å²) >= 11 is 0. The molecule has 8 rings (SSSR count). The number of hydrogen-bond acceptors (Lipinski definition) is 4. The van der Waals surface area contributed by atoms with E-state index in [1.54, 1.807) is 12.1 Å². The average Bonchev–Trinajstić information content (AvgIpc) is 3.43. The van der Waals surface area contributed by atoms with Gasteiger partial charge in [-0.25, -0.2) is 4.99 Å². The Labute approximate surface area is 273 Å². The highest BCUT2D eigenvalue weighted by atomic mass is 16.1. The molecule has 7 aromatic carbocycles. The van der Waals surface area contributed by atoms with Crippen LogP contribution in [0.25, 0.3) is 32.7 Å². The lowest BCUT2D eigenvalue weighted by Crippen LogP contribution is -2.31. The molecular formula is C43H34N2O2. The van der Waals surface area contributed by atoms with Crippen LogP contribution in [-0.2, 0) is 5.41 Å². The lowest BCUT2D eigenvalue weighted by atomic mass is 9.82. The molecule has 228 valence electrons. The number of hydrogen-bond donors (Lipinski definition) is 0. The Morgan fingerprint density at radius 1 is 0.574 bits per heavy atom. The fourth-order valence-corrected chi connectivity index (χ4v) is 7.64. The van der Waals surface area contributed by atoms with Crippen LogP contribution in [0, 0.1) is 20.8 Å². The second-order valence-corrected chi connectivity index (χ2v) is 13.4. The highest BCUT2D eigenvalue weighted by Gasteiger charge is 2.35. The first-order valence-corrected chi connectivity index (χ1v) is 16.0. The van der Waals surface area contributed by atoms with Gasteiger partial charge in [-0.3, -0.25) is 9.59 Å². The number of rotatable bonds is 4. The Morgan fingerprint density at radius 3 is 1.77 bits per heavy atom. The van der Waals surface area contributed by atoms with Crippen molar-refractivity contribution in [3.05, 3.63) is 169 Å². The van der Waals surface area contributed by atoms with Crippen molar-refractivity contribution in [3.63, 3.8) is 0 Å². The first kappa shape index (κ1) is 28.8. The fraction of sp³-hybridized carbons (Fsp3) is 0.140. The second-order valence-electron chi connectivity index (χ2n) is 13.4. The van der Waals surface area contributed by atoms with E-state index in [9.17, 15) is 9.59 Å². The van der Waals surface area contributed by atoms with Crippen molar-refractivity contribution in [2.75, 3.05) is 4.90 Å². The molecule has 1 aliphatic carbocycles. The molecule has 0 saturated carbocycles. The monoisotopic (exact) mass is 610 g/mol. The molecule has 0 fully saturated rings. The summed E-state index contributed by atoms with van der Waals surface area (Å²) in [4.78, 5) is 33.7. The van der Waals surface area contributed by atoms with Gasteiger partial charge in [-0.2, -0.15) is 0 Å². The minimum Gasteiger partial charge on any atom is -0.310 e. The van der Waals surface area contributed by atoms with E-state index in [-0.39, 0.29) is 21.6 Å². The van der Waals surface area contributed by atoms with E-state index in [0.717, 1.165) is 27.8 Å². The molecule has 0 aromatic heterocycles. The Morgan fingerprint density at radius 2 is 1.13 bits per heavy atom. The minimum atomic E-state index is -0.325. The summed E-state index contributed by atoms with van der Waals surface area (Å²) in [6, 6.07) is 39.1. The summed E-state index contributed by atoms with van der Waals surface area (Å²) in [5.74, 6) is 0. The van der Waals surface area contributed by atoms with Crippen LogP contribution < -0.4 is 21.1 Å². The Balaban J connectivity index is 1.26. The molecule has 0 N–H and O–H groups in total. The zero-order valence-electron chi connectivity index (χ0n) is 27.2. The minimum absolute atomic E-state index is 0.0365. The van der Waals surface area contributed by atoms with Gasteiger partial charge in [0, 0.05) is 27.6 Å². The zero-order valence-corrected chi connectivity index (χ0v) is 27.2. The van der Waals surface area contributed by atoms with Gasteiger partial charge >= 0.3 is 0 Å². The maximum atomic E-state index is 13.4. The van der Waals surface area contributed by atoms with Gasteiger partial charge in [0.05, 0.1) is 11.4 Å². The quantitative estimate of drug-likeness (QED) is 0.199. The molecule has 0 bridgehead atoms. The first-order chi connectivity index (χ1) is 22.6. The Bertz CT molecular complexity index is 2470. The van der Waals surface area contributed by atoms with Gasteiger partial charge < -0.3 is 4.90 Å². The van der Waals surface area contributed by atoms with Crippen molar-refractivity contribution in [2.45, 2.75) is 40.0 Å². The number of nitrogens with zero attached hydrogens (tertiary/aromatic N) is 2. The average molecular weight is 611 g/mol. The van der Waals surface area contributed by atoms with E-state index in [1.807, 2.05) is 48.5 Å². The summed E-state index contributed by atoms with van der Waals surface area (Å²) in [6.45, 7) is 11.1. The largest absolute Gasteiger partial charge is 0.310 e. The van der Waals surface area contributed by atoms with Gasteiger partial charge in [0.25, 0.3) is 0 Å². The Kier molecular flexibility index (Phi) is 6.42. The highest BCUT2D eigenvalue weighted by Crippen LogP contribution is 2.51. The predicted octanol–water partition coefficient (Wildman–Crippen LogP) is 9.52. The normalized spacial score (nSPS) is 13.1. The van der Waals surface area contributed by atoms with Gasteiger partial charge in [-0.15, -0.1) is 0 Å². The molecule has 4 nitrogen and oxygen atoms in total. The Hall–Kier alpha value is -5.61. The van der Waals surface area contributed by atoms with Crippen LogP contribution >= 0.6 is 0 Å². The molecule has 0 spiro atoms. The van der Waals surface area contributed by atoms with Crippen LogP contribution in [0.5, 0.6) is 0 Å². The SMILES string of the molecule is Cc1cc(C)c(N(c2ccc(N=c3c(=O)c4cc5ccccc5cc4c3=O)cc2)c2ccc3c(c2)C(C)(C)c2ccccc2-3)c(C)c1. The van der Waals surface area contributed by atoms with Gasteiger partial charge in [0.2, 0.25) is 10.9 Å². The van der Waals surface area contributed by atoms with Crippen molar-refractivity contribution in [3.8, 4) is 11.1 Å². The molecule has 0 saturated heterocycles. The molecule has 0 unspecified atom stereocenters. The van der Waals surface area contributed by atoms with E-state index in [0.29, 0.717) is 16.5 Å². The topological polar surface area (TPSA) is 49.7 Å². The lowest BCUT2D eigenvalue weighted by Gasteiger charge is -2.30. The van der Waals surface area contributed by atoms with Crippen molar-refractivity contribution in [1.82, 2.24) is 0 Å². The number of aryl methyl sites for hydroxylation is 3. The summed E-state index contributed by atoms with van der Waals surface area (Å²) in [6.07, 6.45) is 0. The van der Waals surface area contributed by atoms with E-state index in [2.05, 4.69) is 99.1 Å². The summed E-state index contributed by atoms with van der Waals surface area (Å²) in [5.41, 5.74) is 11.8. The van der Waals surface area contributed by atoms with Gasteiger partial charge in [0.1, 0.15) is 0 Å². The predicted molar refractivity (Wildman–Crippen MR) is 194 cm³/mol. The molecule has 1 aliphatic rings. The van der Waals surface area contributed by atoms with Crippen LogP contribution in [0.2, 0.25) is 0 Å². The molecule has 0 heterocycles. The van der Waals surface area contributed by atoms with Crippen LogP contribution in [0.3, 0.4) is 0 Å². The van der Waals surface area contributed by atoms with Crippen LogP contribution in [-0.4, -0.2) is 0 Å². The van der Waals surface area contributed by atoms with Crippen LogP contribution in [0.4, 0.5) is 22.7 Å². The van der Waals surface area contributed by atoms with E-state index >= 15 is 0 Å². The van der Waals surface area contributed by atoms with Crippen molar-refractivity contribution >= 4 is 44.3 Å². The van der Waals surface area contributed by atoms with Crippen LogP contribution in [0.15, 0.2) is 130 Å². The third-order valence-electron chi connectivity index (χ3n) is 9.84. The maximum Gasteiger partial charge on any atom is 0.216 e. The van der Waals surface area contributed by atoms with Gasteiger partial charge in [-0.1, -0.05) is 86.1 Å². The van der Waals surface area contributed by atoms with E-state index < -0.39 is 0 Å². The summed E-state index contributed by atoms with van der Waals surface area (Å²) in [7, 11) is 0. The van der Waals surface area contributed by atoms with E-state index in [4.69, 9.17) is 0 Å². The molecule has 0 aliphatic heterocycles. The van der Waals surface area contributed by atoms with E-state index in [1.165, 1.54) is 38.9 Å². The third-order valence-corrected chi connectivity index (χ3v) is 9.84. The molecule has 4 heteroatoms. The number of fused-ring (bicyclic) bond motifs is 5. The number of anilines is 3. The zero-order chi connectivity index (χ0) is 32.6. The molecule has 0 radical (unpaired) electrons.